The van der Waals surface area contributed by atoms with E-state index in [1.807, 2.05) is 18.2 Å². The maximum absolute atomic E-state index is 5.38. The molecular formula is C21H22N2O. The molecule has 122 valence electrons. The van der Waals surface area contributed by atoms with Crippen molar-refractivity contribution < 1.29 is 4.74 Å². The highest BCUT2D eigenvalue weighted by atomic mass is 16.5. The topological polar surface area (TPSA) is 34.1 Å². The van der Waals surface area contributed by atoms with Crippen LogP contribution in [-0.2, 0) is 0 Å². The fourth-order valence-electron chi connectivity index (χ4n) is 3.54. The maximum atomic E-state index is 5.38. The molecule has 1 heterocycles. The van der Waals surface area contributed by atoms with E-state index in [0.717, 1.165) is 22.5 Å². The number of nitrogens with one attached hydrogen (secondary N) is 1. The van der Waals surface area contributed by atoms with Crippen LogP contribution in [0.1, 0.15) is 25.7 Å². The van der Waals surface area contributed by atoms with Gasteiger partial charge in [-0.05, 0) is 42.2 Å². The average molecular weight is 318 g/mol. The maximum Gasteiger partial charge on any atom is 0.127 e. The Kier molecular flexibility index (Phi) is 4.08. The lowest BCUT2D eigenvalue weighted by atomic mass is 10.0. The van der Waals surface area contributed by atoms with Crippen LogP contribution in [0.25, 0.3) is 22.0 Å². The van der Waals surface area contributed by atoms with Crippen molar-refractivity contribution in [2.75, 3.05) is 12.4 Å². The van der Waals surface area contributed by atoms with Crippen LogP contribution in [0.2, 0.25) is 0 Å². The Morgan fingerprint density at radius 1 is 1.00 bits per heavy atom. The average Bonchev–Trinajstić information content (AvgIpc) is 3.14. The molecule has 1 fully saturated rings. The lowest BCUT2D eigenvalue weighted by molar-refractivity contribution is 0.415. The van der Waals surface area contributed by atoms with Crippen molar-refractivity contribution in [3.63, 3.8) is 0 Å². The summed E-state index contributed by atoms with van der Waals surface area (Å²) in [5, 5.41) is 4.78. The van der Waals surface area contributed by atoms with Crippen LogP contribution in [0.3, 0.4) is 0 Å². The first-order chi connectivity index (χ1) is 11.8. The Morgan fingerprint density at radius 3 is 2.54 bits per heavy atom. The molecule has 0 spiro atoms. The summed E-state index contributed by atoms with van der Waals surface area (Å²) in [5.74, 6) is 1.80. The Bertz CT molecular complexity index is 839. The second-order valence-electron chi connectivity index (χ2n) is 6.43. The molecule has 0 bridgehead atoms. The molecule has 4 rings (SSSR count). The summed E-state index contributed by atoms with van der Waals surface area (Å²) in [5.41, 5.74) is 3.39. The number of anilines is 1. The SMILES string of the molecule is COc1ccc2c(-c3ccccc3)cc(NC3CCCC3)nc2c1. The fourth-order valence-corrected chi connectivity index (χ4v) is 3.54. The number of hydrogen-bond acceptors (Lipinski definition) is 3. The molecule has 0 amide bonds. The first-order valence-corrected chi connectivity index (χ1v) is 8.64. The van der Waals surface area contributed by atoms with Crippen molar-refractivity contribution in [2.24, 2.45) is 0 Å². The highest BCUT2D eigenvalue weighted by Gasteiger charge is 2.16. The lowest BCUT2D eigenvalue weighted by Crippen LogP contribution is -2.15. The van der Waals surface area contributed by atoms with Gasteiger partial charge >= 0.3 is 0 Å². The predicted molar refractivity (Wildman–Crippen MR) is 99.6 cm³/mol. The Labute approximate surface area is 142 Å². The molecule has 1 aromatic heterocycles. The molecule has 0 unspecified atom stereocenters. The smallest absolute Gasteiger partial charge is 0.127 e. The summed E-state index contributed by atoms with van der Waals surface area (Å²) in [6, 6.07) is 19.4. The minimum Gasteiger partial charge on any atom is -0.497 e. The van der Waals surface area contributed by atoms with E-state index in [9.17, 15) is 0 Å². The summed E-state index contributed by atoms with van der Waals surface area (Å²) in [7, 11) is 1.69. The van der Waals surface area contributed by atoms with Crippen LogP contribution in [0, 0.1) is 0 Å². The van der Waals surface area contributed by atoms with Gasteiger partial charge in [0.2, 0.25) is 0 Å². The van der Waals surface area contributed by atoms with Gasteiger partial charge in [-0.3, -0.25) is 0 Å². The van der Waals surface area contributed by atoms with E-state index >= 15 is 0 Å². The standard InChI is InChI=1S/C21H22N2O/c1-24-17-11-12-18-19(15-7-3-2-4-8-15)14-21(23-20(18)13-17)22-16-9-5-6-10-16/h2-4,7-8,11-14,16H,5-6,9-10H2,1H3,(H,22,23). The lowest BCUT2D eigenvalue weighted by Gasteiger charge is -2.16. The second-order valence-corrected chi connectivity index (χ2v) is 6.43. The van der Waals surface area contributed by atoms with Crippen molar-refractivity contribution in [3.8, 4) is 16.9 Å². The molecule has 1 aliphatic rings. The van der Waals surface area contributed by atoms with Gasteiger partial charge in [-0.1, -0.05) is 43.2 Å². The Morgan fingerprint density at radius 2 is 1.79 bits per heavy atom. The number of methoxy groups -OCH3 is 1. The van der Waals surface area contributed by atoms with Crippen LogP contribution < -0.4 is 10.1 Å². The van der Waals surface area contributed by atoms with Crippen molar-refractivity contribution in [1.82, 2.24) is 4.98 Å². The molecule has 3 heteroatoms. The number of pyridine rings is 1. The minimum atomic E-state index is 0.546. The molecule has 1 saturated carbocycles. The minimum absolute atomic E-state index is 0.546. The molecule has 0 saturated heterocycles. The number of hydrogen-bond donors (Lipinski definition) is 1. The Balaban J connectivity index is 1.84. The Hall–Kier alpha value is -2.55. The van der Waals surface area contributed by atoms with Crippen molar-refractivity contribution >= 4 is 16.7 Å². The molecule has 2 aromatic carbocycles. The molecule has 3 aromatic rings. The monoisotopic (exact) mass is 318 g/mol. The summed E-state index contributed by atoms with van der Waals surface area (Å²) < 4.78 is 5.38. The summed E-state index contributed by atoms with van der Waals surface area (Å²) in [6.45, 7) is 0. The molecular weight excluding hydrogens is 296 g/mol. The number of rotatable bonds is 4. The van der Waals surface area contributed by atoms with E-state index in [0.29, 0.717) is 6.04 Å². The zero-order chi connectivity index (χ0) is 16.4. The van der Waals surface area contributed by atoms with Crippen LogP contribution in [0.5, 0.6) is 5.75 Å². The second kappa shape index (κ2) is 6.52. The molecule has 0 aliphatic heterocycles. The number of nitrogens with zero attached hydrogens (tertiary/aromatic N) is 1. The van der Waals surface area contributed by atoms with Crippen molar-refractivity contribution in [2.45, 2.75) is 31.7 Å². The zero-order valence-corrected chi connectivity index (χ0v) is 14.0. The van der Waals surface area contributed by atoms with Gasteiger partial charge in [0.25, 0.3) is 0 Å². The fraction of sp³-hybridized carbons (Fsp3) is 0.286. The van der Waals surface area contributed by atoms with Crippen LogP contribution >= 0.6 is 0 Å². The number of benzene rings is 2. The predicted octanol–water partition coefficient (Wildman–Crippen LogP) is 5.26. The zero-order valence-electron chi connectivity index (χ0n) is 14.0. The molecule has 24 heavy (non-hydrogen) atoms. The molecule has 1 N–H and O–H groups in total. The van der Waals surface area contributed by atoms with Crippen LogP contribution in [0.15, 0.2) is 54.6 Å². The largest absolute Gasteiger partial charge is 0.497 e. The van der Waals surface area contributed by atoms with Gasteiger partial charge in [0.1, 0.15) is 11.6 Å². The van der Waals surface area contributed by atoms with E-state index in [2.05, 4.69) is 41.7 Å². The van der Waals surface area contributed by atoms with E-state index in [1.165, 1.54) is 36.8 Å². The normalized spacial score (nSPS) is 14.9. The first kappa shape index (κ1) is 15.0. The van der Waals surface area contributed by atoms with E-state index in [4.69, 9.17) is 9.72 Å². The van der Waals surface area contributed by atoms with Gasteiger partial charge in [-0.15, -0.1) is 0 Å². The van der Waals surface area contributed by atoms with E-state index in [-0.39, 0.29) is 0 Å². The van der Waals surface area contributed by atoms with Crippen molar-refractivity contribution in [3.05, 3.63) is 54.6 Å². The van der Waals surface area contributed by atoms with Gasteiger partial charge in [0, 0.05) is 17.5 Å². The van der Waals surface area contributed by atoms with Gasteiger partial charge in [-0.2, -0.15) is 0 Å². The third-order valence-corrected chi connectivity index (χ3v) is 4.81. The van der Waals surface area contributed by atoms with Gasteiger partial charge < -0.3 is 10.1 Å². The van der Waals surface area contributed by atoms with Gasteiger partial charge in [0.05, 0.1) is 12.6 Å². The number of fused-ring (bicyclic) bond motifs is 1. The van der Waals surface area contributed by atoms with E-state index < -0.39 is 0 Å². The first-order valence-electron chi connectivity index (χ1n) is 8.64. The number of aromatic nitrogens is 1. The summed E-state index contributed by atoms with van der Waals surface area (Å²) >= 11 is 0. The quantitative estimate of drug-likeness (QED) is 0.712. The third kappa shape index (κ3) is 2.94. The molecule has 1 aliphatic carbocycles. The van der Waals surface area contributed by atoms with Gasteiger partial charge in [-0.25, -0.2) is 4.98 Å². The molecule has 0 atom stereocenters. The number of ether oxygens (including phenoxy) is 1. The van der Waals surface area contributed by atoms with Crippen LogP contribution in [0.4, 0.5) is 5.82 Å². The summed E-state index contributed by atoms with van der Waals surface area (Å²) in [4.78, 5) is 4.84. The molecule has 0 radical (unpaired) electrons. The molecule has 3 nitrogen and oxygen atoms in total. The third-order valence-electron chi connectivity index (χ3n) is 4.81. The van der Waals surface area contributed by atoms with Crippen LogP contribution in [-0.4, -0.2) is 18.1 Å². The van der Waals surface area contributed by atoms with Crippen molar-refractivity contribution in [1.29, 1.82) is 0 Å². The highest BCUT2D eigenvalue weighted by Crippen LogP contribution is 2.33. The van der Waals surface area contributed by atoms with Gasteiger partial charge in [0.15, 0.2) is 0 Å². The van der Waals surface area contributed by atoms with E-state index in [1.54, 1.807) is 7.11 Å². The summed E-state index contributed by atoms with van der Waals surface area (Å²) in [6.07, 6.45) is 5.09. The highest BCUT2D eigenvalue weighted by molar-refractivity contribution is 5.96.